The fourth-order valence-corrected chi connectivity index (χ4v) is 4.99. The van der Waals surface area contributed by atoms with Gasteiger partial charge in [-0.15, -0.1) is 0 Å². The van der Waals surface area contributed by atoms with E-state index < -0.39 is 0 Å². The number of aliphatic hydroxyl groups is 1. The van der Waals surface area contributed by atoms with Crippen molar-refractivity contribution in [2.24, 2.45) is 5.92 Å². The van der Waals surface area contributed by atoms with Crippen LogP contribution in [0.25, 0.3) is 10.9 Å². The molecule has 1 saturated heterocycles. The summed E-state index contributed by atoms with van der Waals surface area (Å²) in [5.74, 6) is 2.47. The van der Waals surface area contributed by atoms with Crippen LogP contribution in [0, 0.1) is 5.92 Å². The maximum atomic E-state index is 9.64. The molecule has 5 rings (SSSR count). The molecule has 1 unspecified atom stereocenters. The number of aliphatic hydroxyl groups excluding tert-OH is 1. The predicted molar refractivity (Wildman–Crippen MR) is 133 cm³/mol. The van der Waals surface area contributed by atoms with Crippen LogP contribution >= 0.6 is 15.9 Å². The molecular formula is C25H30BrN5O2. The van der Waals surface area contributed by atoms with E-state index in [4.69, 9.17) is 14.7 Å². The molecule has 1 atom stereocenters. The predicted octanol–water partition coefficient (Wildman–Crippen LogP) is 4.87. The Morgan fingerprint density at radius 2 is 1.94 bits per heavy atom. The highest BCUT2D eigenvalue weighted by Crippen LogP contribution is 2.39. The summed E-state index contributed by atoms with van der Waals surface area (Å²) in [6.45, 7) is 2.23. The standard InChI is InChI=1S/C25H30BrN5O2/c26-21-3-1-2-20-23(21)30-25(29-22(8-11-32)17-9-12-33-13-10-17)31-24(20)28-15-19-7-6-18(14-27-19)16-4-5-16/h1-3,6-7,14,16-17,22,32H,4-5,8-13,15H2,(H2,28,29,30,31). The first-order chi connectivity index (χ1) is 16.2. The molecule has 2 aromatic heterocycles. The zero-order valence-electron chi connectivity index (χ0n) is 18.6. The van der Waals surface area contributed by atoms with Gasteiger partial charge in [0.1, 0.15) is 5.82 Å². The zero-order valence-corrected chi connectivity index (χ0v) is 20.2. The molecule has 33 heavy (non-hydrogen) atoms. The van der Waals surface area contributed by atoms with E-state index in [1.807, 2.05) is 24.4 Å². The fourth-order valence-electron chi connectivity index (χ4n) is 4.54. The molecule has 2 fully saturated rings. The van der Waals surface area contributed by atoms with Gasteiger partial charge in [-0.3, -0.25) is 4.98 Å². The second-order valence-corrected chi connectivity index (χ2v) is 9.81. The van der Waals surface area contributed by atoms with E-state index >= 15 is 0 Å². The summed E-state index contributed by atoms with van der Waals surface area (Å²) in [7, 11) is 0. The Morgan fingerprint density at radius 1 is 1.09 bits per heavy atom. The van der Waals surface area contributed by atoms with Crippen LogP contribution in [0.5, 0.6) is 0 Å². The molecule has 1 aliphatic carbocycles. The summed E-state index contributed by atoms with van der Waals surface area (Å²) < 4.78 is 6.45. The molecule has 3 N–H and O–H groups in total. The largest absolute Gasteiger partial charge is 0.396 e. The first kappa shape index (κ1) is 22.5. The molecule has 2 aliphatic rings. The average Bonchev–Trinajstić information content (AvgIpc) is 3.69. The van der Waals surface area contributed by atoms with Gasteiger partial charge in [0.15, 0.2) is 0 Å². The van der Waals surface area contributed by atoms with Crippen LogP contribution < -0.4 is 10.6 Å². The van der Waals surface area contributed by atoms with Crippen molar-refractivity contribution >= 4 is 38.6 Å². The number of benzene rings is 1. The van der Waals surface area contributed by atoms with Crippen LogP contribution in [0.2, 0.25) is 0 Å². The number of anilines is 2. The van der Waals surface area contributed by atoms with Crippen molar-refractivity contribution in [3.63, 3.8) is 0 Å². The van der Waals surface area contributed by atoms with Crippen molar-refractivity contribution in [3.8, 4) is 0 Å². The SMILES string of the molecule is OCCC(Nc1nc(NCc2ccc(C3CC3)cn2)c2cccc(Br)c2n1)C1CCOCC1. The number of ether oxygens (including phenoxy) is 1. The number of nitrogens with zero attached hydrogens (tertiary/aromatic N) is 3. The van der Waals surface area contributed by atoms with Crippen LogP contribution in [0.4, 0.5) is 11.8 Å². The Kier molecular flexibility index (Phi) is 7.04. The van der Waals surface area contributed by atoms with Crippen molar-refractivity contribution in [3.05, 3.63) is 52.3 Å². The van der Waals surface area contributed by atoms with E-state index in [9.17, 15) is 5.11 Å². The zero-order chi connectivity index (χ0) is 22.6. The number of hydrogen-bond donors (Lipinski definition) is 3. The quantitative estimate of drug-likeness (QED) is 0.377. The van der Waals surface area contributed by atoms with Crippen molar-refractivity contribution < 1.29 is 9.84 Å². The number of hydrogen-bond acceptors (Lipinski definition) is 7. The number of nitrogens with one attached hydrogen (secondary N) is 2. The molecule has 3 aromatic rings. The van der Waals surface area contributed by atoms with Crippen LogP contribution in [-0.2, 0) is 11.3 Å². The molecule has 1 saturated carbocycles. The van der Waals surface area contributed by atoms with Crippen molar-refractivity contribution in [1.29, 1.82) is 0 Å². The van der Waals surface area contributed by atoms with Gasteiger partial charge >= 0.3 is 0 Å². The van der Waals surface area contributed by atoms with Crippen molar-refractivity contribution in [1.82, 2.24) is 15.0 Å². The Labute approximate surface area is 202 Å². The second kappa shape index (κ2) is 10.3. The second-order valence-electron chi connectivity index (χ2n) is 8.96. The summed E-state index contributed by atoms with van der Waals surface area (Å²) in [5.41, 5.74) is 3.17. The Bertz CT molecular complexity index is 1080. The van der Waals surface area contributed by atoms with Crippen LogP contribution in [0.3, 0.4) is 0 Å². The van der Waals surface area contributed by atoms with Gasteiger partial charge in [0.2, 0.25) is 5.95 Å². The third kappa shape index (κ3) is 5.45. The molecule has 0 radical (unpaired) electrons. The Balaban J connectivity index is 1.38. The number of para-hydroxylation sites is 1. The molecule has 0 spiro atoms. The van der Waals surface area contributed by atoms with E-state index in [0.29, 0.717) is 30.7 Å². The van der Waals surface area contributed by atoms with Gasteiger partial charge < -0.3 is 20.5 Å². The first-order valence-corrected chi connectivity index (χ1v) is 12.6. The summed E-state index contributed by atoms with van der Waals surface area (Å²) >= 11 is 3.65. The maximum absolute atomic E-state index is 9.64. The Hall–Kier alpha value is -2.29. The van der Waals surface area contributed by atoms with Gasteiger partial charge in [0, 0.05) is 41.9 Å². The first-order valence-electron chi connectivity index (χ1n) is 11.8. The molecule has 1 aliphatic heterocycles. The van der Waals surface area contributed by atoms with Crippen molar-refractivity contribution in [2.75, 3.05) is 30.5 Å². The van der Waals surface area contributed by atoms with E-state index in [0.717, 1.165) is 52.9 Å². The van der Waals surface area contributed by atoms with Crippen molar-refractivity contribution in [2.45, 2.75) is 50.6 Å². The van der Waals surface area contributed by atoms with Gasteiger partial charge in [-0.1, -0.05) is 12.1 Å². The minimum atomic E-state index is 0.100. The lowest BCUT2D eigenvalue weighted by Gasteiger charge is -2.30. The molecule has 8 heteroatoms. The fraction of sp³-hybridized carbons (Fsp3) is 0.480. The van der Waals surface area contributed by atoms with Crippen LogP contribution in [0.1, 0.15) is 49.3 Å². The van der Waals surface area contributed by atoms with Gasteiger partial charge in [0.25, 0.3) is 0 Å². The van der Waals surface area contributed by atoms with Gasteiger partial charge in [-0.05, 0) is 83.6 Å². The Morgan fingerprint density at radius 3 is 2.67 bits per heavy atom. The number of fused-ring (bicyclic) bond motifs is 1. The highest BCUT2D eigenvalue weighted by molar-refractivity contribution is 9.10. The lowest BCUT2D eigenvalue weighted by molar-refractivity contribution is 0.0576. The molecule has 3 heterocycles. The van der Waals surface area contributed by atoms with E-state index in [-0.39, 0.29) is 12.6 Å². The monoisotopic (exact) mass is 511 g/mol. The lowest BCUT2D eigenvalue weighted by atomic mass is 9.90. The minimum absolute atomic E-state index is 0.100. The average molecular weight is 512 g/mol. The number of pyridine rings is 1. The maximum Gasteiger partial charge on any atom is 0.225 e. The summed E-state index contributed by atoms with van der Waals surface area (Å²) in [6.07, 6.45) is 7.17. The van der Waals surface area contributed by atoms with Gasteiger partial charge in [-0.25, -0.2) is 4.98 Å². The number of rotatable bonds is 9. The van der Waals surface area contributed by atoms with E-state index in [1.54, 1.807) is 0 Å². The molecule has 0 bridgehead atoms. The number of halogens is 1. The highest BCUT2D eigenvalue weighted by atomic mass is 79.9. The smallest absolute Gasteiger partial charge is 0.225 e. The van der Waals surface area contributed by atoms with Crippen LogP contribution in [0.15, 0.2) is 41.0 Å². The van der Waals surface area contributed by atoms with E-state index in [1.165, 1.54) is 18.4 Å². The molecule has 174 valence electrons. The molecular weight excluding hydrogens is 482 g/mol. The third-order valence-corrected chi connectivity index (χ3v) is 7.24. The highest BCUT2D eigenvalue weighted by Gasteiger charge is 2.25. The minimum Gasteiger partial charge on any atom is -0.396 e. The van der Waals surface area contributed by atoms with E-state index in [2.05, 4.69) is 43.7 Å². The summed E-state index contributed by atoms with van der Waals surface area (Å²) in [5, 5.41) is 17.6. The number of aromatic nitrogens is 3. The molecule has 0 amide bonds. The summed E-state index contributed by atoms with van der Waals surface area (Å²) in [6, 6.07) is 10.4. The topological polar surface area (TPSA) is 92.2 Å². The van der Waals surface area contributed by atoms with Gasteiger partial charge in [0.05, 0.1) is 17.8 Å². The lowest BCUT2D eigenvalue weighted by Crippen LogP contribution is -2.35. The van der Waals surface area contributed by atoms with Gasteiger partial charge in [-0.2, -0.15) is 4.98 Å². The normalized spacial score (nSPS) is 17.8. The summed E-state index contributed by atoms with van der Waals surface area (Å²) in [4.78, 5) is 14.3. The third-order valence-electron chi connectivity index (χ3n) is 6.60. The molecule has 7 nitrogen and oxygen atoms in total. The van der Waals surface area contributed by atoms with Crippen LogP contribution in [-0.4, -0.2) is 45.9 Å². The molecule has 1 aromatic carbocycles.